The highest BCUT2D eigenvalue weighted by Crippen LogP contribution is 2.73. The minimum atomic E-state index is 0.252. The molecule has 1 aromatic heterocycles. The van der Waals surface area contributed by atoms with E-state index in [1.54, 1.807) is 0 Å². The van der Waals surface area contributed by atoms with Crippen LogP contribution in [0.2, 0.25) is 0 Å². The molecule has 0 unspecified atom stereocenters. The van der Waals surface area contributed by atoms with E-state index in [2.05, 4.69) is 57.1 Å². The zero-order valence-electron chi connectivity index (χ0n) is 11.7. The SMILES string of the molecule is CC(C)NCc1nnc(C2C(C)(C)C2(C)C)o1. The first-order valence-electron chi connectivity index (χ1n) is 6.32. The van der Waals surface area contributed by atoms with E-state index in [0.717, 1.165) is 5.89 Å². The van der Waals surface area contributed by atoms with E-state index in [-0.39, 0.29) is 10.8 Å². The number of hydrogen-bond donors (Lipinski definition) is 1. The Labute approximate surface area is 103 Å². The van der Waals surface area contributed by atoms with Gasteiger partial charge in [0, 0.05) is 12.0 Å². The van der Waals surface area contributed by atoms with Crippen LogP contribution in [0.4, 0.5) is 0 Å². The molecule has 0 aliphatic heterocycles. The molecule has 0 radical (unpaired) electrons. The van der Waals surface area contributed by atoms with E-state index >= 15 is 0 Å². The van der Waals surface area contributed by atoms with Gasteiger partial charge in [-0.15, -0.1) is 10.2 Å². The third kappa shape index (κ3) is 1.99. The van der Waals surface area contributed by atoms with Crippen molar-refractivity contribution in [2.45, 2.75) is 60.0 Å². The second kappa shape index (κ2) is 3.80. The van der Waals surface area contributed by atoms with Crippen molar-refractivity contribution in [3.63, 3.8) is 0 Å². The Morgan fingerprint density at radius 1 is 1.18 bits per heavy atom. The molecule has 0 spiro atoms. The van der Waals surface area contributed by atoms with Gasteiger partial charge in [-0.3, -0.25) is 0 Å². The third-order valence-electron chi connectivity index (χ3n) is 4.41. The van der Waals surface area contributed by atoms with Gasteiger partial charge in [0.1, 0.15) is 0 Å². The number of nitrogens with one attached hydrogen (secondary N) is 1. The topological polar surface area (TPSA) is 51.0 Å². The lowest BCUT2D eigenvalue weighted by atomic mass is 10.0. The van der Waals surface area contributed by atoms with Gasteiger partial charge in [0.25, 0.3) is 0 Å². The van der Waals surface area contributed by atoms with Crippen molar-refractivity contribution < 1.29 is 4.42 Å². The van der Waals surface area contributed by atoms with E-state index < -0.39 is 0 Å². The monoisotopic (exact) mass is 237 g/mol. The summed E-state index contributed by atoms with van der Waals surface area (Å²) in [5, 5.41) is 11.6. The Kier molecular flexibility index (Phi) is 2.81. The first-order chi connectivity index (χ1) is 7.76. The van der Waals surface area contributed by atoms with Gasteiger partial charge in [-0.25, -0.2) is 0 Å². The fourth-order valence-electron chi connectivity index (χ4n) is 2.56. The van der Waals surface area contributed by atoms with Crippen LogP contribution in [0.3, 0.4) is 0 Å². The molecular weight excluding hydrogens is 214 g/mol. The minimum Gasteiger partial charge on any atom is -0.424 e. The van der Waals surface area contributed by atoms with Gasteiger partial charge in [0.15, 0.2) is 0 Å². The summed E-state index contributed by atoms with van der Waals surface area (Å²) in [6.07, 6.45) is 0. The molecule has 4 heteroatoms. The van der Waals surface area contributed by atoms with Crippen molar-refractivity contribution in [2.75, 3.05) is 0 Å². The van der Waals surface area contributed by atoms with Gasteiger partial charge in [-0.2, -0.15) is 0 Å². The van der Waals surface area contributed by atoms with Crippen LogP contribution < -0.4 is 5.32 Å². The van der Waals surface area contributed by atoms with Crippen molar-refractivity contribution in [1.29, 1.82) is 0 Å². The zero-order chi connectivity index (χ0) is 12.8. The summed E-state index contributed by atoms with van der Waals surface area (Å²) in [5.74, 6) is 1.86. The predicted molar refractivity (Wildman–Crippen MR) is 66.6 cm³/mol. The van der Waals surface area contributed by atoms with Crippen molar-refractivity contribution in [3.05, 3.63) is 11.8 Å². The van der Waals surface area contributed by atoms with Gasteiger partial charge in [-0.05, 0) is 10.8 Å². The molecule has 1 aliphatic carbocycles. The second-order valence-electron chi connectivity index (χ2n) is 6.45. The Balaban J connectivity index is 2.05. The van der Waals surface area contributed by atoms with E-state index in [1.165, 1.54) is 0 Å². The molecule has 0 amide bonds. The van der Waals surface area contributed by atoms with Gasteiger partial charge in [-0.1, -0.05) is 41.5 Å². The second-order valence-corrected chi connectivity index (χ2v) is 6.45. The number of aromatic nitrogens is 2. The van der Waals surface area contributed by atoms with Crippen LogP contribution in [0.15, 0.2) is 4.42 Å². The molecule has 1 heterocycles. The van der Waals surface area contributed by atoms with Crippen LogP contribution in [-0.4, -0.2) is 16.2 Å². The number of nitrogens with zero attached hydrogens (tertiary/aromatic N) is 2. The standard InChI is InChI=1S/C13H23N3O/c1-8(2)14-7-9-15-16-11(17-9)10-12(3,4)13(10,5)6/h8,10,14H,7H2,1-6H3. The van der Waals surface area contributed by atoms with Gasteiger partial charge in [0.2, 0.25) is 11.8 Å². The average Bonchev–Trinajstić information content (AvgIpc) is 2.55. The molecule has 4 nitrogen and oxygen atoms in total. The molecule has 1 fully saturated rings. The summed E-state index contributed by atoms with van der Waals surface area (Å²) >= 11 is 0. The average molecular weight is 237 g/mol. The van der Waals surface area contributed by atoms with Crippen LogP contribution >= 0.6 is 0 Å². The van der Waals surface area contributed by atoms with Crippen LogP contribution in [0, 0.1) is 10.8 Å². The van der Waals surface area contributed by atoms with Crippen LogP contribution in [0.5, 0.6) is 0 Å². The first-order valence-corrected chi connectivity index (χ1v) is 6.32. The summed E-state index contributed by atoms with van der Waals surface area (Å²) < 4.78 is 5.74. The molecule has 1 aliphatic rings. The molecule has 1 saturated carbocycles. The molecule has 0 atom stereocenters. The Morgan fingerprint density at radius 2 is 1.76 bits per heavy atom. The lowest BCUT2D eigenvalue weighted by Gasteiger charge is -2.03. The lowest BCUT2D eigenvalue weighted by molar-refractivity contribution is 0.409. The molecule has 0 bridgehead atoms. The summed E-state index contributed by atoms with van der Waals surface area (Å²) in [5.41, 5.74) is 0.505. The molecule has 17 heavy (non-hydrogen) atoms. The third-order valence-corrected chi connectivity index (χ3v) is 4.41. The van der Waals surface area contributed by atoms with Crippen LogP contribution in [0.25, 0.3) is 0 Å². The van der Waals surface area contributed by atoms with E-state index in [1.807, 2.05) is 0 Å². The summed E-state index contributed by atoms with van der Waals surface area (Å²) in [7, 11) is 0. The highest BCUT2D eigenvalue weighted by molar-refractivity contribution is 5.24. The minimum absolute atomic E-state index is 0.252. The molecule has 96 valence electrons. The molecule has 1 aromatic rings. The molecule has 2 rings (SSSR count). The van der Waals surface area contributed by atoms with Crippen molar-refractivity contribution in [2.24, 2.45) is 10.8 Å². The van der Waals surface area contributed by atoms with Crippen LogP contribution in [-0.2, 0) is 6.54 Å². The normalized spacial score (nSPS) is 22.1. The highest BCUT2D eigenvalue weighted by atomic mass is 16.4. The van der Waals surface area contributed by atoms with Gasteiger partial charge < -0.3 is 9.73 Å². The first kappa shape index (κ1) is 12.6. The predicted octanol–water partition coefficient (Wildman–Crippen LogP) is 2.72. The van der Waals surface area contributed by atoms with E-state index in [4.69, 9.17) is 4.42 Å². The van der Waals surface area contributed by atoms with Crippen LogP contribution in [0.1, 0.15) is 59.2 Å². The molecule has 0 aromatic carbocycles. The lowest BCUT2D eigenvalue weighted by Crippen LogP contribution is -2.21. The maximum atomic E-state index is 5.74. The Hall–Kier alpha value is -0.900. The smallest absolute Gasteiger partial charge is 0.230 e. The fourth-order valence-corrected chi connectivity index (χ4v) is 2.56. The van der Waals surface area contributed by atoms with E-state index in [9.17, 15) is 0 Å². The largest absolute Gasteiger partial charge is 0.424 e. The number of hydrogen-bond acceptors (Lipinski definition) is 4. The van der Waals surface area contributed by atoms with Crippen molar-refractivity contribution >= 4 is 0 Å². The summed E-state index contributed by atoms with van der Waals surface area (Å²) in [4.78, 5) is 0. The van der Waals surface area contributed by atoms with Gasteiger partial charge >= 0.3 is 0 Å². The molecular formula is C13H23N3O. The highest BCUT2D eigenvalue weighted by Gasteiger charge is 2.67. The summed E-state index contributed by atoms with van der Waals surface area (Å²) in [6, 6.07) is 0.430. The maximum Gasteiger partial charge on any atom is 0.230 e. The molecule has 0 saturated heterocycles. The fraction of sp³-hybridized carbons (Fsp3) is 0.846. The molecule has 1 N–H and O–H groups in total. The zero-order valence-corrected chi connectivity index (χ0v) is 11.7. The quantitative estimate of drug-likeness (QED) is 0.874. The van der Waals surface area contributed by atoms with Crippen molar-refractivity contribution in [1.82, 2.24) is 15.5 Å². The van der Waals surface area contributed by atoms with Crippen molar-refractivity contribution in [3.8, 4) is 0 Å². The maximum absolute atomic E-state index is 5.74. The van der Waals surface area contributed by atoms with Gasteiger partial charge in [0.05, 0.1) is 6.54 Å². The Morgan fingerprint density at radius 3 is 2.24 bits per heavy atom. The van der Waals surface area contributed by atoms with E-state index in [0.29, 0.717) is 24.4 Å². The Bertz CT molecular complexity index is 393. The summed E-state index contributed by atoms with van der Waals surface area (Å²) in [6.45, 7) is 13.9. The number of rotatable bonds is 4.